The molecule has 1 amide bonds. The van der Waals surface area contributed by atoms with Crippen molar-refractivity contribution in [3.8, 4) is 0 Å². The van der Waals surface area contributed by atoms with Gasteiger partial charge in [-0.1, -0.05) is 11.3 Å². The summed E-state index contributed by atoms with van der Waals surface area (Å²) in [5, 5.41) is 3.70. The summed E-state index contributed by atoms with van der Waals surface area (Å²) >= 11 is 1.38. The molecule has 1 aromatic rings. The molecule has 1 heterocycles. The molecule has 0 aliphatic carbocycles. The normalized spacial score (nSPS) is 9.85. The summed E-state index contributed by atoms with van der Waals surface area (Å²) in [5.41, 5.74) is 0.785. The molecule has 0 bridgehead atoms. The largest absolute Gasteiger partial charge is 0.365 e. The van der Waals surface area contributed by atoms with Gasteiger partial charge in [0.15, 0.2) is 5.13 Å². The van der Waals surface area contributed by atoms with Gasteiger partial charge in [-0.25, -0.2) is 4.98 Å². The van der Waals surface area contributed by atoms with Gasteiger partial charge < -0.3 is 10.2 Å². The summed E-state index contributed by atoms with van der Waals surface area (Å²) in [6.45, 7) is 1.84. The fraction of sp³-hybridized carbons (Fsp3) is 0.500. The second-order valence-corrected chi connectivity index (χ2v) is 3.88. The zero-order chi connectivity index (χ0) is 10.0. The molecule has 1 N–H and O–H groups in total. The topological polar surface area (TPSA) is 45.2 Å². The van der Waals surface area contributed by atoms with Crippen molar-refractivity contribution in [2.24, 2.45) is 0 Å². The van der Waals surface area contributed by atoms with E-state index in [0.29, 0.717) is 4.88 Å². The molecule has 0 aliphatic heterocycles. The molecule has 1 aromatic heterocycles. The van der Waals surface area contributed by atoms with Crippen molar-refractivity contribution < 1.29 is 4.79 Å². The number of anilines is 1. The number of aromatic nitrogens is 1. The lowest BCUT2D eigenvalue weighted by Crippen LogP contribution is -2.21. The third kappa shape index (κ3) is 1.98. The van der Waals surface area contributed by atoms with Crippen molar-refractivity contribution in [1.82, 2.24) is 9.88 Å². The van der Waals surface area contributed by atoms with Crippen LogP contribution < -0.4 is 5.32 Å². The van der Waals surface area contributed by atoms with Gasteiger partial charge in [0, 0.05) is 21.1 Å². The predicted molar refractivity (Wildman–Crippen MR) is 54.4 cm³/mol. The lowest BCUT2D eigenvalue weighted by Gasteiger charge is -2.07. The summed E-state index contributed by atoms with van der Waals surface area (Å²) in [4.78, 5) is 18.0. The molecule has 13 heavy (non-hydrogen) atoms. The van der Waals surface area contributed by atoms with Crippen LogP contribution in [0.25, 0.3) is 0 Å². The van der Waals surface area contributed by atoms with E-state index in [2.05, 4.69) is 10.3 Å². The van der Waals surface area contributed by atoms with Crippen LogP contribution in [0.5, 0.6) is 0 Å². The molecule has 0 radical (unpaired) electrons. The van der Waals surface area contributed by atoms with Gasteiger partial charge in [0.25, 0.3) is 5.91 Å². The third-order valence-electron chi connectivity index (χ3n) is 1.61. The van der Waals surface area contributed by atoms with Crippen LogP contribution in [0.3, 0.4) is 0 Å². The number of hydrogen-bond acceptors (Lipinski definition) is 4. The first kappa shape index (κ1) is 9.98. The van der Waals surface area contributed by atoms with E-state index < -0.39 is 0 Å². The first-order valence-electron chi connectivity index (χ1n) is 3.93. The molecular formula is C8H13N3OS. The SMILES string of the molecule is CNc1nc(C)c(C(=O)N(C)C)s1. The Labute approximate surface area is 81.6 Å². The van der Waals surface area contributed by atoms with E-state index in [1.165, 1.54) is 11.3 Å². The highest BCUT2D eigenvalue weighted by atomic mass is 32.1. The van der Waals surface area contributed by atoms with Gasteiger partial charge in [0.2, 0.25) is 0 Å². The maximum absolute atomic E-state index is 11.6. The third-order valence-corrected chi connectivity index (χ3v) is 2.77. The molecule has 0 saturated heterocycles. The second kappa shape index (κ2) is 3.74. The minimum atomic E-state index is 0.0106. The Balaban J connectivity index is 3.00. The average Bonchev–Trinajstić information content (AvgIpc) is 2.45. The quantitative estimate of drug-likeness (QED) is 0.778. The first-order chi connectivity index (χ1) is 6.06. The maximum Gasteiger partial charge on any atom is 0.265 e. The molecule has 0 saturated carbocycles. The van der Waals surface area contributed by atoms with Crippen LogP contribution in [0.4, 0.5) is 5.13 Å². The maximum atomic E-state index is 11.6. The molecule has 5 heteroatoms. The number of aryl methyl sites for hydroxylation is 1. The number of amides is 1. The standard InChI is InChI=1S/C8H13N3OS/c1-5-6(7(12)11(3)4)13-8(9-2)10-5/h1-4H3,(H,9,10). The van der Waals surface area contributed by atoms with Crippen LogP contribution in [-0.2, 0) is 0 Å². The Bertz CT molecular complexity index is 319. The zero-order valence-corrected chi connectivity index (χ0v) is 9.03. The van der Waals surface area contributed by atoms with Crippen LogP contribution in [0.15, 0.2) is 0 Å². The van der Waals surface area contributed by atoms with Gasteiger partial charge in [-0.05, 0) is 6.92 Å². The molecular weight excluding hydrogens is 186 g/mol. The number of nitrogens with zero attached hydrogens (tertiary/aromatic N) is 2. The fourth-order valence-corrected chi connectivity index (χ4v) is 1.85. The summed E-state index contributed by atoms with van der Waals surface area (Å²) in [5.74, 6) is 0.0106. The van der Waals surface area contributed by atoms with Crippen LogP contribution >= 0.6 is 11.3 Å². The van der Waals surface area contributed by atoms with Gasteiger partial charge in [-0.15, -0.1) is 0 Å². The number of carbonyl (C=O) groups excluding carboxylic acids is 1. The summed E-state index contributed by atoms with van der Waals surface area (Å²) < 4.78 is 0. The number of hydrogen-bond donors (Lipinski definition) is 1. The van der Waals surface area contributed by atoms with E-state index in [0.717, 1.165) is 10.8 Å². The Morgan fingerprint density at radius 1 is 1.54 bits per heavy atom. The van der Waals surface area contributed by atoms with E-state index in [4.69, 9.17) is 0 Å². The summed E-state index contributed by atoms with van der Waals surface area (Å²) in [6.07, 6.45) is 0. The molecule has 0 unspecified atom stereocenters. The van der Waals surface area contributed by atoms with Crippen molar-refractivity contribution >= 4 is 22.4 Å². The lowest BCUT2D eigenvalue weighted by atomic mass is 10.3. The zero-order valence-electron chi connectivity index (χ0n) is 8.21. The van der Waals surface area contributed by atoms with Crippen molar-refractivity contribution in [3.05, 3.63) is 10.6 Å². The molecule has 0 spiro atoms. The van der Waals surface area contributed by atoms with Crippen LogP contribution in [-0.4, -0.2) is 36.9 Å². The minimum Gasteiger partial charge on any atom is -0.365 e. The van der Waals surface area contributed by atoms with E-state index in [-0.39, 0.29) is 5.91 Å². The number of thiazole rings is 1. The van der Waals surface area contributed by atoms with Crippen molar-refractivity contribution in [2.45, 2.75) is 6.92 Å². The Morgan fingerprint density at radius 2 is 2.15 bits per heavy atom. The highest BCUT2D eigenvalue weighted by Crippen LogP contribution is 2.22. The Morgan fingerprint density at radius 3 is 2.54 bits per heavy atom. The number of nitrogens with one attached hydrogen (secondary N) is 1. The molecule has 0 aromatic carbocycles. The molecule has 0 fully saturated rings. The van der Waals surface area contributed by atoms with Crippen molar-refractivity contribution in [3.63, 3.8) is 0 Å². The molecule has 72 valence electrons. The van der Waals surface area contributed by atoms with Gasteiger partial charge in [-0.3, -0.25) is 4.79 Å². The summed E-state index contributed by atoms with van der Waals surface area (Å²) in [7, 11) is 5.27. The van der Waals surface area contributed by atoms with E-state index in [9.17, 15) is 4.79 Å². The van der Waals surface area contributed by atoms with Gasteiger partial charge in [0.1, 0.15) is 4.88 Å². The van der Waals surface area contributed by atoms with Crippen LogP contribution in [0, 0.1) is 6.92 Å². The Kier molecular flexibility index (Phi) is 2.87. The van der Waals surface area contributed by atoms with Crippen molar-refractivity contribution in [1.29, 1.82) is 0 Å². The predicted octanol–water partition coefficient (Wildman–Crippen LogP) is 1.20. The lowest BCUT2D eigenvalue weighted by molar-refractivity contribution is 0.0831. The smallest absolute Gasteiger partial charge is 0.265 e. The molecule has 1 rings (SSSR count). The van der Waals surface area contributed by atoms with E-state index in [1.54, 1.807) is 26.0 Å². The van der Waals surface area contributed by atoms with Crippen LogP contribution in [0.1, 0.15) is 15.4 Å². The fourth-order valence-electron chi connectivity index (χ4n) is 0.905. The average molecular weight is 199 g/mol. The highest BCUT2D eigenvalue weighted by molar-refractivity contribution is 7.17. The van der Waals surface area contributed by atoms with Gasteiger partial charge in [0.05, 0.1) is 5.69 Å². The van der Waals surface area contributed by atoms with Gasteiger partial charge >= 0.3 is 0 Å². The summed E-state index contributed by atoms with van der Waals surface area (Å²) in [6, 6.07) is 0. The first-order valence-corrected chi connectivity index (χ1v) is 4.74. The van der Waals surface area contributed by atoms with E-state index in [1.807, 2.05) is 6.92 Å². The second-order valence-electron chi connectivity index (χ2n) is 2.88. The molecule has 0 aliphatic rings. The van der Waals surface area contributed by atoms with Crippen LogP contribution in [0.2, 0.25) is 0 Å². The number of rotatable bonds is 2. The monoisotopic (exact) mass is 199 g/mol. The molecule has 4 nitrogen and oxygen atoms in total. The van der Waals surface area contributed by atoms with E-state index >= 15 is 0 Å². The van der Waals surface area contributed by atoms with Gasteiger partial charge in [-0.2, -0.15) is 0 Å². The Hall–Kier alpha value is -1.10. The minimum absolute atomic E-state index is 0.0106. The van der Waals surface area contributed by atoms with Crippen molar-refractivity contribution in [2.75, 3.05) is 26.5 Å². The number of carbonyl (C=O) groups is 1. The molecule has 0 atom stereocenters. The highest BCUT2D eigenvalue weighted by Gasteiger charge is 2.15.